The normalized spacial score (nSPS) is 30.5. The van der Waals surface area contributed by atoms with Crippen LogP contribution in [0.1, 0.15) is 123 Å². The average molecular weight is 524 g/mol. The second kappa shape index (κ2) is 9.78. The first kappa shape index (κ1) is 25.5. The van der Waals surface area contributed by atoms with Crippen LogP contribution in [0, 0.1) is 32.1 Å². The van der Waals surface area contributed by atoms with E-state index in [2.05, 4.69) is 65.7 Å². The van der Waals surface area contributed by atoms with Gasteiger partial charge in [-0.25, -0.2) is 0 Å². The molecule has 3 saturated carbocycles. The fraction of sp³-hybridized carbons (Fsp3) is 0.767. The molecule has 1 amide bonds. The summed E-state index contributed by atoms with van der Waals surface area (Å²) >= 11 is 1.88. The van der Waals surface area contributed by atoms with Crippen LogP contribution < -0.4 is 5.32 Å². The molecule has 1 aliphatic heterocycles. The first-order chi connectivity index (χ1) is 17.8. The van der Waals surface area contributed by atoms with Crippen molar-refractivity contribution in [3.8, 4) is 0 Å². The van der Waals surface area contributed by atoms with Crippen LogP contribution in [-0.2, 0) is 4.79 Å². The molecule has 0 bridgehead atoms. The molecule has 4 fully saturated rings. The highest BCUT2D eigenvalue weighted by Crippen LogP contribution is 2.67. The predicted molar refractivity (Wildman–Crippen MR) is 149 cm³/mol. The van der Waals surface area contributed by atoms with Crippen molar-refractivity contribution in [2.24, 2.45) is 11.3 Å². The van der Waals surface area contributed by atoms with Crippen molar-refractivity contribution in [3.63, 3.8) is 0 Å². The third-order valence-electron chi connectivity index (χ3n) is 10.4. The van der Waals surface area contributed by atoms with E-state index < -0.39 is 0 Å². The van der Waals surface area contributed by atoms with Crippen molar-refractivity contribution in [3.05, 3.63) is 33.0 Å². The maximum absolute atomic E-state index is 13.3. The minimum absolute atomic E-state index is 0.131. The molecule has 1 N–H and O–H groups in total. The summed E-state index contributed by atoms with van der Waals surface area (Å²) in [6.45, 7) is 12.1. The van der Waals surface area contributed by atoms with Crippen molar-refractivity contribution < 1.29 is 4.79 Å². The smallest absolute Gasteiger partial charge is 0.223 e. The maximum atomic E-state index is 13.3. The van der Waals surface area contributed by atoms with E-state index in [-0.39, 0.29) is 12.0 Å². The Morgan fingerprint density at radius 1 is 1.14 bits per heavy atom. The molecule has 0 radical (unpaired) electrons. The molecule has 5 atom stereocenters. The van der Waals surface area contributed by atoms with Gasteiger partial charge in [-0.15, -0.1) is 21.5 Å². The van der Waals surface area contributed by atoms with Gasteiger partial charge in [0.25, 0.3) is 0 Å². The SMILES string of the molecule is Cc1cc([C@H](CCN2C3CCC34CC(n3c(C)nnc3C(C)C)CC24)NC(=O)C2CCCCC2)sc1C. The fourth-order valence-electron chi connectivity index (χ4n) is 8.25. The van der Waals surface area contributed by atoms with Crippen LogP contribution in [0.5, 0.6) is 0 Å². The van der Waals surface area contributed by atoms with E-state index in [9.17, 15) is 4.79 Å². The molecule has 4 aliphatic rings. The summed E-state index contributed by atoms with van der Waals surface area (Å²) in [5.41, 5.74) is 1.86. The summed E-state index contributed by atoms with van der Waals surface area (Å²) in [6.07, 6.45) is 12.0. The van der Waals surface area contributed by atoms with E-state index >= 15 is 0 Å². The van der Waals surface area contributed by atoms with Crippen LogP contribution in [0.25, 0.3) is 0 Å². The Morgan fingerprint density at radius 2 is 1.92 bits per heavy atom. The van der Waals surface area contributed by atoms with Crippen molar-refractivity contribution in [2.45, 2.75) is 129 Å². The van der Waals surface area contributed by atoms with Gasteiger partial charge in [-0.05, 0) is 77.3 Å². The molecule has 2 aromatic heterocycles. The lowest BCUT2D eigenvalue weighted by molar-refractivity contribution is -0.188. The zero-order valence-electron chi connectivity index (χ0n) is 23.4. The summed E-state index contributed by atoms with van der Waals surface area (Å²) in [7, 11) is 0. The zero-order chi connectivity index (χ0) is 25.9. The van der Waals surface area contributed by atoms with Gasteiger partial charge in [-0.2, -0.15) is 0 Å². The van der Waals surface area contributed by atoms with Crippen molar-refractivity contribution in [1.29, 1.82) is 0 Å². The van der Waals surface area contributed by atoms with E-state index in [4.69, 9.17) is 0 Å². The topological polar surface area (TPSA) is 63.1 Å². The van der Waals surface area contributed by atoms with Crippen molar-refractivity contribution in [1.82, 2.24) is 25.0 Å². The average Bonchev–Trinajstić information content (AvgIpc) is 3.55. The number of nitrogens with one attached hydrogen (secondary N) is 1. The molecule has 3 heterocycles. The molecular weight excluding hydrogens is 478 g/mol. The number of thiophene rings is 1. The number of carbonyl (C=O) groups excluding carboxylic acids is 1. The third-order valence-corrected chi connectivity index (χ3v) is 11.7. The van der Waals surface area contributed by atoms with E-state index in [1.54, 1.807) is 0 Å². The largest absolute Gasteiger partial charge is 0.348 e. The van der Waals surface area contributed by atoms with Gasteiger partial charge < -0.3 is 9.88 Å². The van der Waals surface area contributed by atoms with Crippen LogP contribution >= 0.6 is 11.3 Å². The number of carbonyl (C=O) groups is 1. The van der Waals surface area contributed by atoms with Crippen LogP contribution in [0.15, 0.2) is 6.07 Å². The number of likely N-dealkylation sites (tertiary alicyclic amines) is 1. The summed E-state index contributed by atoms with van der Waals surface area (Å²) in [5.74, 6) is 3.12. The zero-order valence-corrected chi connectivity index (χ0v) is 24.2. The Labute approximate surface area is 226 Å². The van der Waals surface area contributed by atoms with Gasteiger partial charge in [0.05, 0.1) is 6.04 Å². The first-order valence-corrected chi connectivity index (χ1v) is 15.6. The number of hydrogen-bond acceptors (Lipinski definition) is 5. The van der Waals surface area contributed by atoms with Crippen molar-refractivity contribution in [2.75, 3.05) is 6.54 Å². The molecule has 7 heteroatoms. The number of aryl methyl sites for hydroxylation is 3. The quantitative estimate of drug-likeness (QED) is 0.436. The lowest BCUT2D eigenvalue weighted by atomic mass is 9.53. The monoisotopic (exact) mass is 523 g/mol. The van der Waals surface area contributed by atoms with E-state index in [0.717, 1.165) is 43.5 Å². The Bertz CT molecular complexity index is 1130. The Kier molecular flexibility index (Phi) is 6.75. The van der Waals surface area contributed by atoms with Crippen molar-refractivity contribution >= 4 is 17.2 Å². The molecule has 37 heavy (non-hydrogen) atoms. The van der Waals surface area contributed by atoms with E-state index in [1.807, 2.05) is 11.3 Å². The van der Waals surface area contributed by atoms with Gasteiger partial charge in [-0.3, -0.25) is 9.69 Å². The van der Waals surface area contributed by atoms with E-state index in [1.165, 1.54) is 60.3 Å². The number of nitrogens with zero attached hydrogens (tertiary/aromatic N) is 4. The minimum atomic E-state index is 0.131. The molecule has 6 nitrogen and oxygen atoms in total. The number of amides is 1. The molecule has 0 aromatic carbocycles. The maximum Gasteiger partial charge on any atom is 0.223 e. The molecular formula is C30H45N5OS. The Morgan fingerprint density at radius 3 is 2.57 bits per heavy atom. The predicted octanol–water partition coefficient (Wildman–Crippen LogP) is 6.38. The second-order valence-corrected chi connectivity index (χ2v) is 14.1. The lowest BCUT2D eigenvalue weighted by Gasteiger charge is -2.68. The van der Waals surface area contributed by atoms with E-state index in [0.29, 0.717) is 29.3 Å². The van der Waals surface area contributed by atoms with Gasteiger partial charge in [0.1, 0.15) is 11.6 Å². The van der Waals surface area contributed by atoms with Gasteiger partial charge in [-0.1, -0.05) is 33.1 Å². The minimum Gasteiger partial charge on any atom is -0.348 e. The third kappa shape index (κ3) is 4.28. The molecule has 2 aromatic rings. The summed E-state index contributed by atoms with van der Waals surface area (Å²) in [6, 6.07) is 4.37. The Balaban J connectivity index is 1.16. The summed E-state index contributed by atoms with van der Waals surface area (Å²) < 4.78 is 2.47. The van der Waals surface area contributed by atoms with Gasteiger partial charge in [0, 0.05) is 51.7 Å². The Hall–Kier alpha value is -1.73. The highest BCUT2D eigenvalue weighted by atomic mass is 32.1. The number of rotatable bonds is 8. The molecule has 202 valence electrons. The molecule has 1 spiro atoms. The second-order valence-electron chi connectivity index (χ2n) is 12.8. The lowest BCUT2D eigenvalue weighted by Crippen LogP contribution is -2.74. The molecule has 3 aliphatic carbocycles. The van der Waals surface area contributed by atoms with Gasteiger partial charge in [0.15, 0.2) is 0 Å². The van der Waals surface area contributed by atoms with Gasteiger partial charge >= 0.3 is 0 Å². The summed E-state index contributed by atoms with van der Waals surface area (Å²) in [5, 5.41) is 12.5. The standard InChI is InChI=1S/C30H45N5OS/c1-18(2)28-33-32-21(5)35(28)23-16-27-30(17-23)13-11-26(30)34(27)14-12-24(25-15-19(3)20(4)37-25)31-29(36)22-9-7-6-8-10-22/h15,18,22-24,26-27H,6-14,16-17H2,1-5H3,(H,31,36)/t23?,24-,26?,27?,30?/m0/s1. The number of aromatic nitrogens is 3. The molecule has 4 unspecified atom stereocenters. The van der Waals surface area contributed by atoms with Gasteiger partial charge in [0.2, 0.25) is 5.91 Å². The highest BCUT2D eigenvalue weighted by molar-refractivity contribution is 7.12. The van der Waals surface area contributed by atoms with Crippen LogP contribution in [0.2, 0.25) is 0 Å². The number of hydrogen-bond donors (Lipinski definition) is 1. The van der Waals surface area contributed by atoms with Crippen LogP contribution in [0.3, 0.4) is 0 Å². The molecule has 1 saturated heterocycles. The molecule has 6 rings (SSSR count). The highest BCUT2D eigenvalue weighted by Gasteiger charge is 2.69. The number of piperidine rings is 1. The van der Waals surface area contributed by atoms with Crippen LogP contribution in [-0.4, -0.2) is 44.2 Å². The first-order valence-electron chi connectivity index (χ1n) is 14.8. The van der Waals surface area contributed by atoms with Crippen LogP contribution in [0.4, 0.5) is 0 Å². The fourth-order valence-corrected chi connectivity index (χ4v) is 9.38. The summed E-state index contributed by atoms with van der Waals surface area (Å²) in [4.78, 5) is 18.8.